The van der Waals surface area contributed by atoms with Crippen molar-refractivity contribution in [1.82, 2.24) is 5.06 Å². The third kappa shape index (κ3) is 1.15. The molecule has 1 aliphatic heterocycles. The lowest BCUT2D eigenvalue weighted by atomic mass is 10.1. The van der Waals surface area contributed by atoms with E-state index in [-0.39, 0.29) is 12.6 Å². The molecular weight excluding hydrogens is 134 g/mol. The summed E-state index contributed by atoms with van der Waals surface area (Å²) in [5.74, 6) is 0. The topological polar surface area (TPSA) is 63.9 Å². The van der Waals surface area contributed by atoms with Gasteiger partial charge in [-0.15, -0.1) is 0 Å². The van der Waals surface area contributed by atoms with Crippen molar-refractivity contribution >= 4 is 0 Å². The highest BCUT2D eigenvalue weighted by molar-refractivity contribution is 4.86. The maximum Gasteiger partial charge on any atom is 0.0843 e. The van der Waals surface area contributed by atoms with E-state index in [1.165, 1.54) is 0 Å². The molecule has 1 heterocycles. The molecule has 4 heteroatoms. The Balaban J connectivity index is 2.55. The Hall–Kier alpha value is -0.160. The van der Waals surface area contributed by atoms with Crippen LogP contribution in [0.25, 0.3) is 0 Å². The molecule has 0 amide bonds. The molecule has 1 saturated heterocycles. The predicted molar refractivity (Wildman–Crippen MR) is 34.6 cm³/mol. The zero-order valence-electron chi connectivity index (χ0n) is 5.94. The van der Waals surface area contributed by atoms with Gasteiger partial charge in [-0.05, 0) is 13.3 Å². The van der Waals surface area contributed by atoms with E-state index in [4.69, 9.17) is 15.4 Å². The van der Waals surface area contributed by atoms with Crippen molar-refractivity contribution in [2.75, 3.05) is 6.61 Å². The normalized spacial score (nSPS) is 42.6. The fourth-order valence-electron chi connectivity index (χ4n) is 1.32. The van der Waals surface area contributed by atoms with Crippen LogP contribution < -0.4 is 0 Å². The summed E-state index contributed by atoms with van der Waals surface area (Å²) < 4.78 is 0. The number of nitrogens with zero attached hydrogens (tertiary/aromatic N) is 1. The lowest BCUT2D eigenvalue weighted by Crippen LogP contribution is -2.37. The van der Waals surface area contributed by atoms with E-state index in [0.717, 1.165) is 5.06 Å². The third-order valence-corrected chi connectivity index (χ3v) is 2.01. The number of aliphatic hydroxyl groups excluding tert-OH is 2. The summed E-state index contributed by atoms with van der Waals surface area (Å²) in [5, 5.41) is 28.0. The summed E-state index contributed by atoms with van der Waals surface area (Å²) in [6.45, 7) is 1.61. The maximum atomic E-state index is 9.17. The number of hydrogen-bond acceptors (Lipinski definition) is 4. The molecule has 10 heavy (non-hydrogen) atoms. The summed E-state index contributed by atoms with van der Waals surface area (Å²) in [6.07, 6.45) is -0.0631. The Kier molecular flexibility index (Phi) is 2.25. The van der Waals surface area contributed by atoms with Crippen LogP contribution in [0.4, 0.5) is 0 Å². The largest absolute Gasteiger partial charge is 0.395 e. The van der Waals surface area contributed by atoms with Crippen molar-refractivity contribution in [3.63, 3.8) is 0 Å². The highest BCUT2D eigenvalue weighted by Gasteiger charge is 2.36. The molecule has 60 valence electrons. The van der Waals surface area contributed by atoms with Gasteiger partial charge in [-0.1, -0.05) is 0 Å². The van der Waals surface area contributed by atoms with E-state index in [0.29, 0.717) is 6.42 Å². The zero-order valence-corrected chi connectivity index (χ0v) is 5.94. The minimum Gasteiger partial charge on any atom is -0.395 e. The zero-order chi connectivity index (χ0) is 7.72. The first-order chi connectivity index (χ1) is 4.66. The molecule has 1 rings (SSSR count). The molecule has 4 nitrogen and oxygen atoms in total. The first kappa shape index (κ1) is 7.94. The van der Waals surface area contributed by atoms with E-state index in [1.54, 1.807) is 6.92 Å². The lowest BCUT2D eigenvalue weighted by Gasteiger charge is -2.19. The van der Waals surface area contributed by atoms with Crippen LogP contribution in [0.15, 0.2) is 0 Å². The molecule has 0 bridgehead atoms. The van der Waals surface area contributed by atoms with Crippen LogP contribution in [-0.4, -0.2) is 45.3 Å². The Morgan fingerprint density at radius 3 is 2.40 bits per heavy atom. The second kappa shape index (κ2) is 2.84. The minimum atomic E-state index is -0.593. The van der Waals surface area contributed by atoms with E-state index in [9.17, 15) is 0 Å². The molecule has 3 atom stereocenters. The van der Waals surface area contributed by atoms with Gasteiger partial charge in [-0.25, -0.2) is 0 Å². The van der Waals surface area contributed by atoms with Crippen molar-refractivity contribution in [3.05, 3.63) is 0 Å². The van der Waals surface area contributed by atoms with E-state index in [2.05, 4.69) is 0 Å². The van der Waals surface area contributed by atoms with Crippen LogP contribution in [0.1, 0.15) is 13.3 Å². The first-order valence-electron chi connectivity index (χ1n) is 3.43. The predicted octanol–water partition coefficient (Wildman–Crippen LogP) is -0.808. The molecule has 0 spiro atoms. The molecule has 3 N–H and O–H groups in total. The molecule has 0 saturated carbocycles. The van der Waals surface area contributed by atoms with Crippen LogP contribution in [0, 0.1) is 0 Å². The monoisotopic (exact) mass is 147 g/mol. The van der Waals surface area contributed by atoms with Gasteiger partial charge in [0.15, 0.2) is 0 Å². The van der Waals surface area contributed by atoms with Crippen LogP contribution in [-0.2, 0) is 0 Å². The van der Waals surface area contributed by atoms with Gasteiger partial charge >= 0.3 is 0 Å². The average molecular weight is 147 g/mol. The van der Waals surface area contributed by atoms with Crippen molar-refractivity contribution < 1.29 is 15.4 Å². The van der Waals surface area contributed by atoms with Gasteiger partial charge in [0.05, 0.1) is 18.8 Å². The summed E-state index contributed by atoms with van der Waals surface area (Å²) in [4.78, 5) is 0. The van der Waals surface area contributed by atoms with Gasteiger partial charge in [0, 0.05) is 6.04 Å². The quantitative estimate of drug-likeness (QED) is 0.454. The molecule has 3 unspecified atom stereocenters. The number of hydroxylamine groups is 2. The lowest BCUT2D eigenvalue weighted by molar-refractivity contribution is -0.148. The van der Waals surface area contributed by atoms with E-state index in [1.807, 2.05) is 0 Å². The summed E-state index contributed by atoms with van der Waals surface area (Å²) >= 11 is 0. The molecule has 0 aromatic rings. The maximum absolute atomic E-state index is 9.17. The molecule has 0 aliphatic carbocycles. The van der Waals surface area contributed by atoms with Crippen molar-refractivity contribution in [2.24, 2.45) is 0 Å². The molecule has 0 aromatic heterocycles. The highest BCUT2D eigenvalue weighted by atomic mass is 16.5. The highest BCUT2D eigenvalue weighted by Crippen LogP contribution is 2.21. The van der Waals surface area contributed by atoms with E-state index >= 15 is 0 Å². The minimum absolute atomic E-state index is 0.0489. The third-order valence-electron chi connectivity index (χ3n) is 2.01. The van der Waals surface area contributed by atoms with Crippen molar-refractivity contribution in [3.8, 4) is 0 Å². The summed E-state index contributed by atoms with van der Waals surface area (Å²) in [6, 6.07) is -0.540. The van der Waals surface area contributed by atoms with Crippen LogP contribution in [0.3, 0.4) is 0 Å². The van der Waals surface area contributed by atoms with Crippen LogP contribution in [0.2, 0.25) is 0 Å². The summed E-state index contributed by atoms with van der Waals surface area (Å²) in [7, 11) is 0. The molecular formula is C6H13NO3. The number of aliphatic hydroxyl groups is 2. The Labute approximate surface area is 59.7 Å². The van der Waals surface area contributed by atoms with Crippen LogP contribution in [0.5, 0.6) is 0 Å². The summed E-state index contributed by atoms with van der Waals surface area (Å²) in [5.41, 5.74) is 0. The Morgan fingerprint density at radius 1 is 1.60 bits per heavy atom. The average Bonchev–Trinajstić information content (AvgIpc) is 2.09. The number of rotatable bonds is 1. The molecule has 1 fully saturated rings. The fourth-order valence-corrected chi connectivity index (χ4v) is 1.32. The Morgan fingerprint density at radius 2 is 2.20 bits per heavy atom. The smallest absolute Gasteiger partial charge is 0.0843 e. The van der Waals surface area contributed by atoms with Gasteiger partial charge < -0.3 is 15.4 Å². The van der Waals surface area contributed by atoms with Crippen molar-refractivity contribution in [1.29, 1.82) is 0 Å². The van der Waals surface area contributed by atoms with Gasteiger partial charge in [0.2, 0.25) is 0 Å². The molecule has 0 radical (unpaired) electrons. The first-order valence-corrected chi connectivity index (χ1v) is 3.43. The molecule has 0 aromatic carbocycles. The van der Waals surface area contributed by atoms with Gasteiger partial charge in [-0.3, -0.25) is 0 Å². The second-order valence-electron chi connectivity index (χ2n) is 2.78. The fraction of sp³-hybridized carbons (Fsp3) is 1.00. The van der Waals surface area contributed by atoms with Gasteiger partial charge in [0.1, 0.15) is 0 Å². The van der Waals surface area contributed by atoms with Gasteiger partial charge in [-0.2, -0.15) is 5.06 Å². The van der Waals surface area contributed by atoms with Crippen molar-refractivity contribution in [2.45, 2.75) is 31.5 Å². The van der Waals surface area contributed by atoms with E-state index < -0.39 is 12.1 Å². The van der Waals surface area contributed by atoms with Crippen LogP contribution >= 0.6 is 0 Å². The SMILES string of the molecule is CC1CC(O)C(CO)N1O. The molecule has 1 aliphatic rings. The van der Waals surface area contributed by atoms with Gasteiger partial charge in [0.25, 0.3) is 0 Å². The standard InChI is InChI=1S/C6H13NO3/c1-4-2-6(9)5(3-8)7(4)10/h4-6,8-10H,2-3H2,1H3. The number of hydrogen-bond donors (Lipinski definition) is 3. The Bertz CT molecular complexity index is 120. The second-order valence-corrected chi connectivity index (χ2v) is 2.78.